The van der Waals surface area contributed by atoms with Gasteiger partial charge in [0.25, 0.3) is 5.69 Å². The number of nitro benzene ring substituents is 1. The van der Waals surface area contributed by atoms with E-state index in [2.05, 4.69) is 4.74 Å². The molecule has 0 unspecified atom stereocenters. The smallest absolute Gasteiger partial charge is 0.338 e. The molecular formula is C11H11FN2O5. The van der Waals surface area contributed by atoms with Crippen LogP contribution in [0.25, 0.3) is 0 Å². The van der Waals surface area contributed by atoms with E-state index in [0.29, 0.717) is 0 Å². The SMILES string of the molecule is CCOC(=O)c1cc(F)c(NC(C)=O)c([N+](=O)[O-])c1. The van der Waals surface area contributed by atoms with Gasteiger partial charge in [0.05, 0.1) is 17.1 Å². The Bertz CT molecular complexity index is 544. The lowest BCUT2D eigenvalue weighted by atomic mass is 10.1. The number of halogens is 1. The Labute approximate surface area is 107 Å². The maximum absolute atomic E-state index is 13.7. The molecule has 0 saturated heterocycles. The van der Waals surface area contributed by atoms with Crippen molar-refractivity contribution in [2.45, 2.75) is 13.8 Å². The van der Waals surface area contributed by atoms with Gasteiger partial charge < -0.3 is 10.1 Å². The molecule has 0 aliphatic heterocycles. The van der Waals surface area contributed by atoms with Crippen LogP contribution in [0.5, 0.6) is 0 Å². The van der Waals surface area contributed by atoms with Crippen molar-refractivity contribution in [1.82, 2.24) is 0 Å². The second-order valence-corrected chi connectivity index (χ2v) is 3.51. The number of esters is 1. The van der Waals surface area contributed by atoms with E-state index >= 15 is 0 Å². The molecule has 0 radical (unpaired) electrons. The molecule has 0 fully saturated rings. The lowest BCUT2D eigenvalue weighted by Crippen LogP contribution is -2.12. The molecule has 0 saturated carbocycles. The fraction of sp³-hybridized carbons (Fsp3) is 0.273. The number of nitro groups is 1. The molecule has 1 aromatic carbocycles. The van der Waals surface area contributed by atoms with Crippen molar-refractivity contribution in [2.24, 2.45) is 0 Å². The molecule has 1 amide bonds. The lowest BCUT2D eigenvalue weighted by Gasteiger charge is -2.07. The number of hydrogen-bond acceptors (Lipinski definition) is 5. The largest absolute Gasteiger partial charge is 0.462 e. The summed E-state index contributed by atoms with van der Waals surface area (Å²) in [6, 6.07) is 1.63. The molecule has 19 heavy (non-hydrogen) atoms. The van der Waals surface area contributed by atoms with Crippen LogP contribution in [0.15, 0.2) is 12.1 Å². The highest BCUT2D eigenvalue weighted by Crippen LogP contribution is 2.29. The Morgan fingerprint density at radius 2 is 2.11 bits per heavy atom. The fourth-order valence-corrected chi connectivity index (χ4v) is 1.37. The van der Waals surface area contributed by atoms with E-state index in [1.807, 2.05) is 5.32 Å². The fourth-order valence-electron chi connectivity index (χ4n) is 1.37. The summed E-state index contributed by atoms with van der Waals surface area (Å²) in [6.45, 7) is 2.69. The highest BCUT2D eigenvalue weighted by molar-refractivity contribution is 5.95. The highest BCUT2D eigenvalue weighted by Gasteiger charge is 2.23. The third-order valence-electron chi connectivity index (χ3n) is 2.08. The molecule has 1 aromatic rings. The molecular weight excluding hydrogens is 259 g/mol. The van der Waals surface area contributed by atoms with Gasteiger partial charge in [-0.05, 0) is 13.0 Å². The van der Waals surface area contributed by atoms with E-state index in [9.17, 15) is 24.1 Å². The van der Waals surface area contributed by atoms with Gasteiger partial charge in [-0.25, -0.2) is 9.18 Å². The molecule has 0 bridgehead atoms. The van der Waals surface area contributed by atoms with Crippen molar-refractivity contribution in [3.63, 3.8) is 0 Å². The molecule has 0 aliphatic carbocycles. The van der Waals surface area contributed by atoms with Crippen LogP contribution in [0, 0.1) is 15.9 Å². The first-order valence-electron chi connectivity index (χ1n) is 5.29. The summed E-state index contributed by atoms with van der Waals surface area (Å²) in [4.78, 5) is 32.2. The summed E-state index contributed by atoms with van der Waals surface area (Å²) in [5.74, 6) is -2.61. The zero-order valence-electron chi connectivity index (χ0n) is 10.2. The Morgan fingerprint density at radius 3 is 2.58 bits per heavy atom. The molecule has 0 heterocycles. The van der Waals surface area contributed by atoms with Crippen molar-refractivity contribution in [1.29, 1.82) is 0 Å². The summed E-state index contributed by atoms with van der Waals surface area (Å²) < 4.78 is 18.3. The summed E-state index contributed by atoms with van der Waals surface area (Å²) >= 11 is 0. The van der Waals surface area contributed by atoms with Crippen LogP contribution >= 0.6 is 0 Å². The van der Waals surface area contributed by atoms with Crippen LogP contribution in [0.1, 0.15) is 24.2 Å². The zero-order valence-corrected chi connectivity index (χ0v) is 10.2. The molecule has 1 rings (SSSR count). The van der Waals surface area contributed by atoms with Gasteiger partial charge >= 0.3 is 5.97 Å². The van der Waals surface area contributed by atoms with Gasteiger partial charge in [-0.2, -0.15) is 0 Å². The average Bonchev–Trinajstić information content (AvgIpc) is 2.30. The number of nitrogens with one attached hydrogen (secondary N) is 1. The van der Waals surface area contributed by atoms with Gasteiger partial charge in [0, 0.05) is 13.0 Å². The second-order valence-electron chi connectivity index (χ2n) is 3.51. The maximum Gasteiger partial charge on any atom is 0.338 e. The lowest BCUT2D eigenvalue weighted by molar-refractivity contribution is -0.384. The first kappa shape index (κ1) is 14.6. The van der Waals surface area contributed by atoms with Crippen LogP contribution in [0.2, 0.25) is 0 Å². The van der Waals surface area contributed by atoms with Crippen molar-refractivity contribution in [2.75, 3.05) is 11.9 Å². The predicted molar refractivity (Wildman–Crippen MR) is 63.3 cm³/mol. The van der Waals surface area contributed by atoms with E-state index < -0.39 is 34.0 Å². The number of carbonyl (C=O) groups is 2. The number of rotatable bonds is 4. The van der Waals surface area contributed by atoms with Crippen LogP contribution in [-0.4, -0.2) is 23.4 Å². The topological polar surface area (TPSA) is 98.5 Å². The number of anilines is 1. The number of nitrogens with zero attached hydrogens (tertiary/aromatic N) is 1. The number of carbonyl (C=O) groups excluding carboxylic acids is 2. The first-order chi connectivity index (χ1) is 8.86. The summed E-state index contributed by atoms with van der Waals surface area (Å²) in [5.41, 5.74) is -1.58. The number of hydrogen-bond donors (Lipinski definition) is 1. The normalized spacial score (nSPS) is 9.84. The van der Waals surface area contributed by atoms with E-state index in [-0.39, 0.29) is 12.2 Å². The predicted octanol–water partition coefficient (Wildman–Crippen LogP) is 1.87. The van der Waals surface area contributed by atoms with Crippen molar-refractivity contribution >= 4 is 23.3 Å². The molecule has 8 heteroatoms. The molecule has 102 valence electrons. The van der Waals surface area contributed by atoms with Crippen LogP contribution < -0.4 is 5.32 Å². The van der Waals surface area contributed by atoms with E-state index in [4.69, 9.17) is 0 Å². The molecule has 0 aliphatic rings. The molecule has 1 N–H and O–H groups in total. The summed E-state index contributed by atoms with van der Waals surface area (Å²) in [6.07, 6.45) is 0. The zero-order chi connectivity index (χ0) is 14.6. The summed E-state index contributed by atoms with van der Waals surface area (Å²) in [5, 5.41) is 12.8. The average molecular weight is 270 g/mol. The van der Waals surface area contributed by atoms with Crippen molar-refractivity contribution in [3.05, 3.63) is 33.6 Å². The molecule has 0 atom stereocenters. The second kappa shape index (κ2) is 5.89. The Balaban J connectivity index is 3.32. The Kier molecular flexibility index (Phi) is 4.51. The number of benzene rings is 1. The molecule has 0 spiro atoms. The molecule has 0 aromatic heterocycles. The standard InChI is InChI=1S/C11H11FN2O5/c1-3-19-11(16)7-4-8(12)10(13-6(2)15)9(5-7)14(17)18/h4-5H,3H2,1-2H3,(H,13,15). The Morgan fingerprint density at radius 1 is 1.47 bits per heavy atom. The third kappa shape index (κ3) is 3.47. The third-order valence-corrected chi connectivity index (χ3v) is 2.08. The van der Waals surface area contributed by atoms with E-state index in [0.717, 1.165) is 19.1 Å². The maximum atomic E-state index is 13.7. The molecule has 7 nitrogen and oxygen atoms in total. The van der Waals surface area contributed by atoms with Crippen LogP contribution in [0.4, 0.5) is 15.8 Å². The van der Waals surface area contributed by atoms with Crippen LogP contribution in [0.3, 0.4) is 0 Å². The minimum atomic E-state index is -1.08. The highest BCUT2D eigenvalue weighted by atomic mass is 19.1. The number of ether oxygens (including phenoxy) is 1. The van der Waals surface area contributed by atoms with Gasteiger partial charge in [-0.3, -0.25) is 14.9 Å². The van der Waals surface area contributed by atoms with Crippen molar-refractivity contribution in [3.8, 4) is 0 Å². The van der Waals surface area contributed by atoms with Crippen molar-refractivity contribution < 1.29 is 23.6 Å². The monoisotopic (exact) mass is 270 g/mol. The minimum Gasteiger partial charge on any atom is -0.462 e. The van der Waals surface area contributed by atoms with Gasteiger partial charge in [-0.15, -0.1) is 0 Å². The number of amides is 1. The van der Waals surface area contributed by atoms with Gasteiger partial charge in [0.15, 0.2) is 11.5 Å². The van der Waals surface area contributed by atoms with Gasteiger partial charge in [-0.1, -0.05) is 0 Å². The first-order valence-corrected chi connectivity index (χ1v) is 5.29. The van der Waals surface area contributed by atoms with Gasteiger partial charge in [0.2, 0.25) is 5.91 Å². The quantitative estimate of drug-likeness (QED) is 0.511. The van der Waals surface area contributed by atoms with Gasteiger partial charge in [0.1, 0.15) is 0 Å². The minimum absolute atomic E-state index is 0.0572. The van der Waals surface area contributed by atoms with Crippen LogP contribution in [-0.2, 0) is 9.53 Å². The van der Waals surface area contributed by atoms with E-state index in [1.54, 1.807) is 6.92 Å². The Hall–Kier alpha value is -2.51. The van der Waals surface area contributed by atoms with E-state index in [1.165, 1.54) is 0 Å². The summed E-state index contributed by atoms with van der Waals surface area (Å²) in [7, 11) is 0.